The molecule has 1 saturated heterocycles. The molecule has 0 aliphatic carbocycles. The van der Waals surface area contributed by atoms with Gasteiger partial charge in [-0.1, -0.05) is 19.9 Å². The average molecular weight is 268 g/mol. The summed E-state index contributed by atoms with van der Waals surface area (Å²) in [6.45, 7) is 7.53. The summed E-state index contributed by atoms with van der Waals surface area (Å²) in [6.07, 6.45) is 4.98. The van der Waals surface area contributed by atoms with Gasteiger partial charge in [-0.05, 0) is 25.7 Å². The second-order valence-corrected chi connectivity index (χ2v) is 5.07. The average Bonchev–Trinajstić information content (AvgIpc) is 2.38. The second kappa shape index (κ2) is 7.81. The highest BCUT2D eigenvalue weighted by atomic mass is 16.5. The van der Waals surface area contributed by atoms with Gasteiger partial charge in [0.1, 0.15) is 0 Å². The topological polar surface area (TPSA) is 58.6 Å². The Labute approximate surface area is 115 Å². The fourth-order valence-electron chi connectivity index (χ4n) is 1.98. The zero-order valence-electron chi connectivity index (χ0n) is 12.0. The third kappa shape index (κ3) is 5.32. The fourth-order valence-corrected chi connectivity index (χ4v) is 1.98. The first-order chi connectivity index (χ1) is 9.04. The van der Waals surface area contributed by atoms with E-state index >= 15 is 0 Å². The van der Waals surface area contributed by atoms with Gasteiger partial charge < -0.3 is 15.0 Å². The molecule has 0 bridgehead atoms. The number of hydrogen-bond acceptors (Lipinski definition) is 3. The van der Waals surface area contributed by atoms with E-state index in [0.717, 1.165) is 0 Å². The normalized spacial score (nSPS) is 16.9. The van der Waals surface area contributed by atoms with Crippen molar-refractivity contribution >= 4 is 12.0 Å². The van der Waals surface area contributed by atoms with E-state index in [-0.39, 0.29) is 17.9 Å². The van der Waals surface area contributed by atoms with Gasteiger partial charge in [-0.15, -0.1) is 0 Å². The number of nitrogens with zero attached hydrogens (tertiary/aromatic N) is 1. The third-order valence-electron chi connectivity index (χ3n) is 3.09. The van der Waals surface area contributed by atoms with Crippen molar-refractivity contribution in [2.24, 2.45) is 11.8 Å². The smallest absolute Gasteiger partial charge is 0.321 e. The molecule has 5 nitrogen and oxygen atoms in total. The lowest BCUT2D eigenvalue weighted by atomic mass is 9.97. The summed E-state index contributed by atoms with van der Waals surface area (Å²) < 4.78 is 5.00. The highest BCUT2D eigenvalue weighted by molar-refractivity contribution is 5.76. The van der Waals surface area contributed by atoms with Crippen molar-refractivity contribution in [2.75, 3.05) is 19.7 Å². The molecule has 1 heterocycles. The molecular weight excluding hydrogens is 244 g/mol. The number of urea groups is 1. The Balaban J connectivity index is 2.33. The van der Waals surface area contributed by atoms with Crippen LogP contribution in [-0.2, 0) is 9.53 Å². The molecule has 1 rings (SSSR count). The number of hydrogen-bond donors (Lipinski definition) is 1. The standard InChI is InChI=1S/C14H24N2O3/c1-4-19-13(17)12-6-9-16(10-7-12)14(18)15-8-5-11(2)3/h5,8,11-12H,4,6-7,9-10H2,1-3H3,(H,15,18)/b8-5+. The van der Waals surface area contributed by atoms with Gasteiger partial charge in [0, 0.05) is 19.3 Å². The summed E-state index contributed by atoms with van der Waals surface area (Å²) in [4.78, 5) is 25.1. The number of carbonyl (C=O) groups excluding carboxylic acids is 2. The lowest BCUT2D eigenvalue weighted by Gasteiger charge is -2.30. The van der Waals surface area contributed by atoms with E-state index in [1.165, 1.54) is 0 Å². The lowest BCUT2D eigenvalue weighted by Crippen LogP contribution is -2.44. The van der Waals surface area contributed by atoms with Crippen molar-refractivity contribution < 1.29 is 14.3 Å². The Morgan fingerprint density at radius 2 is 2.00 bits per heavy atom. The van der Waals surface area contributed by atoms with Gasteiger partial charge in [-0.2, -0.15) is 0 Å². The van der Waals surface area contributed by atoms with Crippen molar-refractivity contribution in [2.45, 2.75) is 33.6 Å². The molecule has 2 amide bonds. The van der Waals surface area contributed by atoms with Crippen LogP contribution in [0.15, 0.2) is 12.3 Å². The SMILES string of the molecule is CCOC(=O)C1CCN(C(=O)N/C=C/C(C)C)CC1. The van der Waals surface area contributed by atoms with Crippen LogP contribution in [0.3, 0.4) is 0 Å². The molecule has 108 valence electrons. The number of amides is 2. The van der Waals surface area contributed by atoms with E-state index < -0.39 is 0 Å². The number of rotatable bonds is 4. The third-order valence-corrected chi connectivity index (χ3v) is 3.09. The molecule has 0 atom stereocenters. The van der Waals surface area contributed by atoms with Crippen molar-refractivity contribution in [1.29, 1.82) is 0 Å². The number of ether oxygens (including phenoxy) is 1. The Bertz CT molecular complexity index is 332. The van der Waals surface area contributed by atoms with Gasteiger partial charge >= 0.3 is 12.0 Å². The minimum atomic E-state index is -0.137. The van der Waals surface area contributed by atoms with E-state index in [1.807, 2.05) is 26.8 Å². The van der Waals surface area contributed by atoms with E-state index in [1.54, 1.807) is 11.1 Å². The van der Waals surface area contributed by atoms with Crippen LogP contribution in [0.1, 0.15) is 33.6 Å². The Morgan fingerprint density at radius 3 is 2.53 bits per heavy atom. The summed E-state index contributed by atoms with van der Waals surface area (Å²) in [7, 11) is 0. The van der Waals surface area contributed by atoms with Crippen molar-refractivity contribution in [3.63, 3.8) is 0 Å². The highest BCUT2D eigenvalue weighted by Gasteiger charge is 2.27. The predicted molar refractivity (Wildman–Crippen MR) is 73.4 cm³/mol. The molecule has 5 heteroatoms. The Morgan fingerprint density at radius 1 is 1.37 bits per heavy atom. The van der Waals surface area contributed by atoms with E-state index in [4.69, 9.17) is 4.74 Å². The first kappa shape index (κ1) is 15.5. The Hall–Kier alpha value is -1.52. The molecule has 0 aromatic rings. The van der Waals surface area contributed by atoms with Crippen LogP contribution in [0.5, 0.6) is 0 Å². The largest absolute Gasteiger partial charge is 0.466 e. The van der Waals surface area contributed by atoms with Gasteiger partial charge in [-0.25, -0.2) is 4.79 Å². The van der Waals surface area contributed by atoms with Crippen molar-refractivity contribution in [3.05, 3.63) is 12.3 Å². The number of piperidine rings is 1. The molecule has 0 saturated carbocycles. The maximum atomic E-state index is 11.8. The van der Waals surface area contributed by atoms with E-state index in [0.29, 0.717) is 38.5 Å². The molecule has 1 aliphatic heterocycles. The zero-order chi connectivity index (χ0) is 14.3. The number of allylic oxidation sites excluding steroid dienone is 1. The lowest BCUT2D eigenvalue weighted by molar-refractivity contribution is -0.149. The van der Waals surface area contributed by atoms with Crippen LogP contribution >= 0.6 is 0 Å². The predicted octanol–water partition coefficient (Wildman–Crippen LogP) is 2.14. The highest BCUT2D eigenvalue weighted by Crippen LogP contribution is 2.18. The van der Waals surface area contributed by atoms with Crippen LogP contribution in [0, 0.1) is 11.8 Å². The number of carbonyl (C=O) groups is 2. The quantitative estimate of drug-likeness (QED) is 0.795. The van der Waals surface area contributed by atoms with Gasteiger partial charge in [0.05, 0.1) is 12.5 Å². The Kier molecular flexibility index (Phi) is 6.39. The molecule has 1 aliphatic rings. The maximum Gasteiger partial charge on any atom is 0.321 e. The first-order valence-corrected chi connectivity index (χ1v) is 6.93. The van der Waals surface area contributed by atoms with E-state index in [9.17, 15) is 9.59 Å². The molecule has 1 N–H and O–H groups in total. The zero-order valence-corrected chi connectivity index (χ0v) is 12.0. The minimum Gasteiger partial charge on any atom is -0.466 e. The number of likely N-dealkylation sites (tertiary alicyclic amines) is 1. The molecular formula is C14H24N2O3. The summed E-state index contributed by atoms with van der Waals surface area (Å²) in [5.41, 5.74) is 0. The molecule has 1 fully saturated rings. The van der Waals surface area contributed by atoms with Crippen LogP contribution < -0.4 is 5.32 Å². The summed E-state index contributed by atoms with van der Waals surface area (Å²) in [5, 5.41) is 2.74. The van der Waals surface area contributed by atoms with Gasteiger partial charge in [0.2, 0.25) is 0 Å². The van der Waals surface area contributed by atoms with Crippen LogP contribution in [0.25, 0.3) is 0 Å². The molecule has 19 heavy (non-hydrogen) atoms. The maximum absolute atomic E-state index is 11.8. The van der Waals surface area contributed by atoms with Crippen LogP contribution in [0.4, 0.5) is 4.79 Å². The van der Waals surface area contributed by atoms with Crippen molar-refractivity contribution in [1.82, 2.24) is 10.2 Å². The summed E-state index contributed by atoms with van der Waals surface area (Å²) >= 11 is 0. The van der Waals surface area contributed by atoms with Crippen LogP contribution in [0.2, 0.25) is 0 Å². The monoisotopic (exact) mass is 268 g/mol. The van der Waals surface area contributed by atoms with Gasteiger partial charge in [0.15, 0.2) is 0 Å². The second-order valence-electron chi connectivity index (χ2n) is 5.07. The van der Waals surface area contributed by atoms with Crippen molar-refractivity contribution in [3.8, 4) is 0 Å². The molecule has 0 unspecified atom stereocenters. The fraction of sp³-hybridized carbons (Fsp3) is 0.714. The molecule has 0 radical (unpaired) electrons. The molecule has 0 aromatic carbocycles. The number of nitrogens with one attached hydrogen (secondary N) is 1. The van der Waals surface area contributed by atoms with Gasteiger partial charge in [0.25, 0.3) is 0 Å². The van der Waals surface area contributed by atoms with Crippen LogP contribution in [-0.4, -0.2) is 36.6 Å². The first-order valence-electron chi connectivity index (χ1n) is 6.93. The summed E-state index contributed by atoms with van der Waals surface area (Å²) in [5.74, 6) is 0.215. The van der Waals surface area contributed by atoms with Gasteiger partial charge in [-0.3, -0.25) is 4.79 Å². The minimum absolute atomic E-state index is 0.0600. The van der Waals surface area contributed by atoms with E-state index in [2.05, 4.69) is 5.32 Å². The number of esters is 1. The molecule has 0 aromatic heterocycles. The summed E-state index contributed by atoms with van der Waals surface area (Å²) in [6, 6.07) is -0.0980. The molecule has 0 spiro atoms.